The SMILES string of the molecule is CCOc1ccc2nccc(-c3[nH]c4c(c3Nc3cccc(F)c3OC)C(=O)NC3CC43)c2n1. The minimum absolute atomic E-state index is 0.0697. The van der Waals surface area contributed by atoms with Gasteiger partial charge in [0.1, 0.15) is 5.52 Å². The van der Waals surface area contributed by atoms with E-state index in [0.29, 0.717) is 46.2 Å². The van der Waals surface area contributed by atoms with E-state index in [0.717, 1.165) is 17.7 Å². The van der Waals surface area contributed by atoms with Crippen LogP contribution in [0, 0.1) is 5.82 Å². The van der Waals surface area contributed by atoms with Crippen LogP contribution in [0.15, 0.2) is 42.6 Å². The molecule has 1 aliphatic carbocycles. The van der Waals surface area contributed by atoms with Gasteiger partial charge in [0, 0.05) is 35.5 Å². The summed E-state index contributed by atoms with van der Waals surface area (Å²) in [4.78, 5) is 25.7. The van der Waals surface area contributed by atoms with Crippen molar-refractivity contribution in [3.8, 4) is 22.9 Å². The smallest absolute Gasteiger partial charge is 0.255 e. The monoisotopic (exact) mass is 459 g/mol. The Bertz CT molecular complexity index is 1450. The van der Waals surface area contributed by atoms with Crippen LogP contribution in [0.4, 0.5) is 15.8 Å². The number of carbonyl (C=O) groups excluding carboxylic acids is 1. The predicted molar refractivity (Wildman–Crippen MR) is 125 cm³/mol. The average molecular weight is 459 g/mol. The minimum atomic E-state index is -0.498. The van der Waals surface area contributed by atoms with Gasteiger partial charge in [-0.25, -0.2) is 9.37 Å². The second-order valence-corrected chi connectivity index (χ2v) is 8.34. The van der Waals surface area contributed by atoms with E-state index < -0.39 is 5.82 Å². The number of methoxy groups -OCH3 is 1. The number of hydrogen-bond acceptors (Lipinski definition) is 6. The molecule has 3 N–H and O–H groups in total. The maximum absolute atomic E-state index is 14.4. The van der Waals surface area contributed by atoms with Crippen molar-refractivity contribution in [2.24, 2.45) is 0 Å². The number of para-hydroxylation sites is 1. The van der Waals surface area contributed by atoms with E-state index in [1.807, 2.05) is 19.1 Å². The molecule has 2 aliphatic rings. The molecule has 0 radical (unpaired) electrons. The van der Waals surface area contributed by atoms with Gasteiger partial charge in [-0.05, 0) is 37.6 Å². The molecule has 1 aliphatic heterocycles. The molecule has 1 fully saturated rings. The Morgan fingerprint density at radius 1 is 1.24 bits per heavy atom. The van der Waals surface area contributed by atoms with Crippen molar-refractivity contribution in [2.45, 2.75) is 25.3 Å². The molecular weight excluding hydrogens is 437 g/mol. The predicted octanol–water partition coefficient (Wildman–Crippen LogP) is 4.51. The van der Waals surface area contributed by atoms with Gasteiger partial charge >= 0.3 is 0 Å². The average Bonchev–Trinajstić information content (AvgIpc) is 3.51. The number of benzene rings is 1. The van der Waals surface area contributed by atoms with E-state index in [9.17, 15) is 9.18 Å². The van der Waals surface area contributed by atoms with Gasteiger partial charge in [-0.15, -0.1) is 0 Å². The lowest BCUT2D eigenvalue weighted by atomic mass is 10.0. The normalized spacial score (nSPS) is 18.1. The molecule has 0 bridgehead atoms. The van der Waals surface area contributed by atoms with Gasteiger partial charge in [0.15, 0.2) is 11.6 Å². The quantitative estimate of drug-likeness (QED) is 0.392. The number of ether oxygens (including phenoxy) is 2. The van der Waals surface area contributed by atoms with Crippen LogP contribution in [0.3, 0.4) is 0 Å². The molecule has 34 heavy (non-hydrogen) atoms. The third-order valence-corrected chi connectivity index (χ3v) is 6.28. The third-order valence-electron chi connectivity index (χ3n) is 6.28. The summed E-state index contributed by atoms with van der Waals surface area (Å²) in [6.07, 6.45) is 2.58. The van der Waals surface area contributed by atoms with E-state index in [2.05, 4.69) is 25.6 Å². The Kier molecular flexibility index (Phi) is 4.65. The van der Waals surface area contributed by atoms with Crippen molar-refractivity contribution < 1.29 is 18.7 Å². The summed E-state index contributed by atoms with van der Waals surface area (Å²) in [5, 5.41) is 6.33. The number of H-pyrrole nitrogens is 1. The molecular formula is C25H22FN5O3. The Balaban J connectivity index is 1.58. The number of fused-ring (bicyclic) bond motifs is 4. The Morgan fingerprint density at radius 2 is 2.12 bits per heavy atom. The fourth-order valence-electron chi connectivity index (χ4n) is 4.66. The lowest BCUT2D eigenvalue weighted by Gasteiger charge is -2.16. The first-order chi connectivity index (χ1) is 16.6. The first-order valence-electron chi connectivity index (χ1n) is 11.1. The molecule has 0 saturated heterocycles. The van der Waals surface area contributed by atoms with Gasteiger partial charge in [0.05, 0.1) is 41.9 Å². The van der Waals surface area contributed by atoms with Crippen molar-refractivity contribution in [3.63, 3.8) is 0 Å². The number of anilines is 2. The van der Waals surface area contributed by atoms with E-state index in [1.54, 1.807) is 24.4 Å². The highest BCUT2D eigenvalue weighted by Crippen LogP contribution is 2.50. The van der Waals surface area contributed by atoms with Crippen molar-refractivity contribution >= 4 is 28.3 Å². The van der Waals surface area contributed by atoms with Gasteiger partial charge in [-0.3, -0.25) is 9.78 Å². The Hall–Kier alpha value is -4.14. The van der Waals surface area contributed by atoms with Crippen LogP contribution in [0.25, 0.3) is 22.3 Å². The zero-order chi connectivity index (χ0) is 23.4. The minimum Gasteiger partial charge on any atom is -0.492 e. The van der Waals surface area contributed by atoms with Gasteiger partial charge in [0.2, 0.25) is 5.88 Å². The van der Waals surface area contributed by atoms with Gasteiger partial charge in [-0.1, -0.05) is 6.07 Å². The number of hydrogen-bond donors (Lipinski definition) is 3. The van der Waals surface area contributed by atoms with E-state index in [4.69, 9.17) is 9.47 Å². The highest BCUT2D eigenvalue weighted by molar-refractivity contribution is 6.09. The maximum atomic E-state index is 14.4. The summed E-state index contributed by atoms with van der Waals surface area (Å²) in [5.74, 6) is 0.108. The highest BCUT2D eigenvalue weighted by atomic mass is 19.1. The van der Waals surface area contributed by atoms with Crippen LogP contribution >= 0.6 is 0 Å². The van der Waals surface area contributed by atoms with Crippen molar-refractivity contribution in [1.82, 2.24) is 20.3 Å². The summed E-state index contributed by atoms with van der Waals surface area (Å²) >= 11 is 0. The summed E-state index contributed by atoms with van der Waals surface area (Å²) < 4.78 is 25.3. The second kappa shape index (κ2) is 7.72. The van der Waals surface area contributed by atoms with Gasteiger partial charge in [0.25, 0.3) is 5.91 Å². The lowest BCUT2D eigenvalue weighted by Crippen LogP contribution is -2.31. The summed E-state index contributed by atoms with van der Waals surface area (Å²) in [6, 6.07) is 10.2. The number of amides is 1. The number of pyridine rings is 2. The molecule has 9 heteroatoms. The van der Waals surface area contributed by atoms with Crippen LogP contribution < -0.4 is 20.1 Å². The first kappa shape index (κ1) is 20.5. The van der Waals surface area contributed by atoms with Crippen LogP contribution in [0.5, 0.6) is 11.6 Å². The molecule has 0 spiro atoms. The standard InChI is InChI=1S/C25H22FN5O3/c1-3-34-18-8-7-15-20(30-18)12(9-10-27-15)22-23(28-16-6-4-5-14(26)24(16)33-2)19-21(31-22)13-11-17(13)29-25(19)32/h4-10,13,17,28,31H,3,11H2,1-2H3,(H,29,32). The molecule has 6 rings (SSSR count). The van der Waals surface area contributed by atoms with Crippen LogP contribution in [-0.4, -0.2) is 40.6 Å². The molecule has 3 aromatic heterocycles. The van der Waals surface area contributed by atoms with Crippen LogP contribution in [0.1, 0.15) is 35.3 Å². The van der Waals surface area contributed by atoms with E-state index in [1.165, 1.54) is 13.2 Å². The number of carbonyl (C=O) groups is 1. The number of rotatable bonds is 6. The van der Waals surface area contributed by atoms with Crippen LogP contribution in [0.2, 0.25) is 0 Å². The van der Waals surface area contributed by atoms with Gasteiger partial charge in [-0.2, -0.15) is 0 Å². The number of nitrogens with zero attached hydrogens (tertiary/aromatic N) is 2. The van der Waals surface area contributed by atoms with E-state index in [-0.39, 0.29) is 23.6 Å². The number of nitrogens with one attached hydrogen (secondary N) is 3. The molecule has 172 valence electrons. The summed E-state index contributed by atoms with van der Waals surface area (Å²) in [6.45, 7) is 2.38. The molecule has 2 unspecified atom stereocenters. The first-order valence-corrected chi connectivity index (χ1v) is 11.1. The van der Waals surface area contributed by atoms with E-state index >= 15 is 0 Å². The fourth-order valence-corrected chi connectivity index (χ4v) is 4.66. The fraction of sp³-hybridized carbons (Fsp3) is 0.240. The third kappa shape index (κ3) is 3.15. The second-order valence-electron chi connectivity index (χ2n) is 8.34. The summed E-state index contributed by atoms with van der Waals surface area (Å²) in [7, 11) is 1.41. The highest BCUT2D eigenvalue weighted by Gasteiger charge is 2.48. The maximum Gasteiger partial charge on any atom is 0.255 e. The van der Waals surface area contributed by atoms with Crippen LogP contribution in [-0.2, 0) is 0 Å². The molecule has 2 atom stereocenters. The van der Waals surface area contributed by atoms with Crippen molar-refractivity contribution in [1.29, 1.82) is 0 Å². The molecule has 4 heterocycles. The van der Waals surface area contributed by atoms with Crippen molar-refractivity contribution in [3.05, 3.63) is 59.7 Å². The molecule has 1 amide bonds. The topological polar surface area (TPSA) is 101 Å². The largest absolute Gasteiger partial charge is 0.492 e. The Morgan fingerprint density at radius 3 is 2.94 bits per heavy atom. The molecule has 4 aromatic rings. The summed E-state index contributed by atoms with van der Waals surface area (Å²) in [5.41, 5.74) is 5.09. The number of aromatic nitrogens is 3. The van der Waals surface area contributed by atoms with Crippen molar-refractivity contribution in [2.75, 3.05) is 19.0 Å². The number of aromatic amines is 1. The zero-order valence-corrected chi connectivity index (χ0v) is 18.6. The molecule has 8 nitrogen and oxygen atoms in total. The zero-order valence-electron chi connectivity index (χ0n) is 18.6. The molecule has 1 aromatic carbocycles. The Labute approximate surface area is 194 Å². The molecule has 1 saturated carbocycles. The van der Waals surface area contributed by atoms with Gasteiger partial charge < -0.3 is 25.1 Å². The lowest BCUT2D eigenvalue weighted by molar-refractivity contribution is 0.0944. The number of halogens is 1.